The Labute approximate surface area is 132 Å². The van der Waals surface area contributed by atoms with Gasteiger partial charge >= 0.3 is 0 Å². The Bertz CT molecular complexity index is 735. The van der Waals surface area contributed by atoms with Crippen molar-refractivity contribution >= 4 is 55.2 Å². The third-order valence-corrected chi connectivity index (χ3v) is 4.20. The zero-order chi connectivity index (χ0) is 14.7. The van der Waals surface area contributed by atoms with Crippen LogP contribution in [-0.4, -0.2) is 4.92 Å². The molecular weight excluding hydrogens is 364 g/mol. The van der Waals surface area contributed by atoms with Crippen LogP contribution in [-0.2, 0) is 0 Å². The van der Waals surface area contributed by atoms with Gasteiger partial charge < -0.3 is 0 Å². The summed E-state index contributed by atoms with van der Waals surface area (Å²) in [5, 5.41) is 22.1. The van der Waals surface area contributed by atoms with E-state index >= 15 is 0 Å². The summed E-state index contributed by atoms with van der Waals surface area (Å²) >= 11 is 10.8. The van der Waals surface area contributed by atoms with Crippen molar-refractivity contribution in [3.05, 3.63) is 60.7 Å². The molecule has 0 aliphatic heterocycles. The second kappa shape index (κ2) is 6.18. The molecule has 0 aliphatic rings. The first-order valence-electron chi connectivity index (χ1n) is 5.32. The number of rotatable bonds is 3. The van der Waals surface area contributed by atoms with Gasteiger partial charge in [-0.25, -0.2) is 0 Å². The van der Waals surface area contributed by atoms with Crippen LogP contribution in [0.15, 0.2) is 40.2 Å². The van der Waals surface area contributed by atoms with Gasteiger partial charge in [-0.15, -0.1) is 11.3 Å². The Balaban J connectivity index is 2.60. The van der Waals surface area contributed by atoms with Crippen LogP contribution in [0.3, 0.4) is 0 Å². The standard InChI is InChI=1S/C13H6BrClN2O2S/c14-9-4-8(5-10(6-9)17(18)19)13(15)11(7-16)12-2-1-3-20-12/h1-6H/b13-11+. The zero-order valence-electron chi connectivity index (χ0n) is 9.84. The van der Waals surface area contributed by atoms with Gasteiger partial charge in [-0.1, -0.05) is 33.6 Å². The molecule has 0 unspecified atom stereocenters. The topological polar surface area (TPSA) is 66.9 Å². The van der Waals surface area contributed by atoms with Crippen molar-refractivity contribution in [3.8, 4) is 6.07 Å². The summed E-state index contributed by atoms with van der Waals surface area (Å²) in [4.78, 5) is 11.1. The van der Waals surface area contributed by atoms with Gasteiger partial charge in [0.15, 0.2) is 0 Å². The molecule has 1 aromatic heterocycles. The Hall–Kier alpha value is -1.68. The van der Waals surface area contributed by atoms with Gasteiger partial charge in [0, 0.05) is 27.0 Å². The number of nitro benzene ring substituents is 1. The van der Waals surface area contributed by atoms with Gasteiger partial charge in [0.05, 0.1) is 15.5 Å². The number of benzene rings is 1. The minimum absolute atomic E-state index is 0.0870. The lowest BCUT2D eigenvalue weighted by Crippen LogP contribution is -1.91. The molecule has 0 saturated carbocycles. The number of hydrogen-bond donors (Lipinski definition) is 0. The molecule has 0 fully saturated rings. The van der Waals surface area contributed by atoms with Crippen molar-refractivity contribution in [1.82, 2.24) is 0 Å². The molecule has 1 aromatic carbocycles. The van der Waals surface area contributed by atoms with E-state index < -0.39 is 4.92 Å². The second-order valence-corrected chi connectivity index (χ2v) is 5.97. The molecule has 7 heteroatoms. The van der Waals surface area contributed by atoms with Crippen molar-refractivity contribution in [3.63, 3.8) is 0 Å². The van der Waals surface area contributed by atoms with Gasteiger partial charge in [-0.2, -0.15) is 5.26 Å². The number of allylic oxidation sites excluding steroid dienone is 1. The van der Waals surface area contributed by atoms with E-state index in [9.17, 15) is 15.4 Å². The summed E-state index contributed by atoms with van der Waals surface area (Å²) in [6.07, 6.45) is 0. The predicted molar refractivity (Wildman–Crippen MR) is 83.4 cm³/mol. The first-order valence-corrected chi connectivity index (χ1v) is 7.37. The zero-order valence-corrected chi connectivity index (χ0v) is 13.0. The molecule has 100 valence electrons. The van der Waals surface area contributed by atoms with Crippen molar-refractivity contribution in [2.24, 2.45) is 0 Å². The molecule has 0 amide bonds. The van der Waals surface area contributed by atoms with Crippen LogP contribution < -0.4 is 0 Å². The number of halogens is 2. The molecule has 0 aliphatic carbocycles. The van der Waals surface area contributed by atoms with Gasteiger partial charge in [0.2, 0.25) is 0 Å². The highest BCUT2D eigenvalue weighted by Crippen LogP contribution is 2.34. The lowest BCUT2D eigenvalue weighted by Gasteiger charge is -2.04. The van der Waals surface area contributed by atoms with E-state index in [-0.39, 0.29) is 10.7 Å². The monoisotopic (exact) mass is 368 g/mol. The molecule has 2 rings (SSSR count). The molecule has 0 saturated heterocycles. The molecule has 0 atom stereocenters. The maximum atomic E-state index is 10.9. The fourth-order valence-corrected chi connectivity index (χ4v) is 3.10. The van der Waals surface area contributed by atoms with Crippen LogP contribution in [0, 0.1) is 21.4 Å². The lowest BCUT2D eigenvalue weighted by molar-refractivity contribution is -0.384. The van der Waals surface area contributed by atoms with E-state index in [1.54, 1.807) is 12.1 Å². The van der Waals surface area contributed by atoms with E-state index in [4.69, 9.17) is 11.6 Å². The third-order valence-electron chi connectivity index (χ3n) is 2.45. The van der Waals surface area contributed by atoms with Gasteiger partial charge in [-0.05, 0) is 17.5 Å². The highest BCUT2D eigenvalue weighted by Gasteiger charge is 2.15. The Morgan fingerprint density at radius 1 is 1.45 bits per heavy atom. The van der Waals surface area contributed by atoms with Crippen LogP contribution in [0.25, 0.3) is 10.6 Å². The highest BCUT2D eigenvalue weighted by atomic mass is 79.9. The maximum absolute atomic E-state index is 10.9. The normalized spacial score (nSPS) is 11.7. The fraction of sp³-hybridized carbons (Fsp3) is 0. The minimum Gasteiger partial charge on any atom is -0.258 e. The smallest absolute Gasteiger partial charge is 0.258 e. The first kappa shape index (κ1) is 14.7. The molecule has 20 heavy (non-hydrogen) atoms. The molecule has 2 aromatic rings. The summed E-state index contributed by atoms with van der Waals surface area (Å²) in [7, 11) is 0. The summed E-state index contributed by atoms with van der Waals surface area (Å²) in [6, 6.07) is 9.99. The molecule has 4 nitrogen and oxygen atoms in total. The molecular formula is C13H6BrClN2O2S. The second-order valence-electron chi connectivity index (χ2n) is 3.73. The van der Waals surface area contributed by atoms with E-state index in [1.807, 2.05) is 17.5 Å². The number of thiophene rings is 1. The highest BCUT2D eigenvalue weighted by molar-refractivity contribution is 9.10. The van der Waals surface area contributed by atoms with E-state index in [0.717, 1.165) is 4.88 Å². The third kappa shape index (κ3) is 3.07. The average molecular weight is 370 g/mol. The van der Waals surface area contributed by atoms with E-state index in [1.165, 1.54) is 23.5 Å². The Morgan fingerprint density at radius 2 is 2.20 bits per heavy atom. The number of hydrogen-bond acceptors (Lipinski definition) is 4. The van der Waals surface area contributed by atoms with Crippen molar-refractivity contribution in [1.29, 1.82) is 5.26 Å². The van der Waals surface area contributed by atoms with Crippen LogP contribution in [0.2, 0.25) is 0 Å². The van der Waals surface area contributed by atoms with Crippen molar-refractivity contribution in [2.75, 3.05) is 0 Å². The molecule has 0 spiro atoms. The summed E-state index contributed by atoms with van der Waals surface area (Å²) in [6.45, 7) is 0. The SMILES string of the molecule is N#C/C(=C(\Cl)c1cc(Br)cc([N+](=O)[O-])c1)c1cccs1. The van der Waals surface area contributed by atoms with Crippen molar-refractivity contribution < 1.29 is 4.92 Å². The Kier molecular flexibility index (Phi) is 4.55. The van der Waals surface area contributed by atoms with Gasteiger partial charge in [0.25, 0.3) is 5.69 Å². The van der Waals surface area contributed by atoms with E-state index in [0.29, 0.717) is 15.6 Å². The summed E-state index contributed by atoms with van der Waals surface area (Å²) < 4.78 is 0.531. The van der Waals surface area contributed by atoms with Crippen LogP contribution in [0.5, 0.6) is 0 Å². The van der Waals surface area contributed by atoms with Crippen LogP contribution >= 0.6 is 38.9 Å². The predicted octanol–water partition coefficient (Wildman–Crippen LogP) is 5.05. The Morgan fingerprint density at radius 3 is 2.75 bits per heavy atom. The maximum Gasteiger partial charge on any atom is 0.271 e. The molecule has 1 heterocycles. The summed E-state index contributed by atoms with van der Waals surface area (Å²) in [5.74, 6) is 0. The minimum atomic E-state index is -0.504. The molecule has 0 N–H and O–H groups in total. The average Bonchev–Trinajstić information content (AvgIpc) is 2.92. The fourth-order valence-electron chi connectivity index (χ4n) is 1.58. The quantitative estimate of drug-likeness (QED) is 0.432. The van der Waals surface area contributed by atoms with Gasteiger partial charge in [0.1, 0.15) is 6.07 Å². The lowest BCUT2D eigenvalue weighted by atomic mass is 10.1. The number of nitriles is 1. The van der Waals surface area contributed by atoms with Crippen LogP contribution in [0.4, 0.5) is 5.69 Å². The first-order chi connectivity index (χ1) is 9.52. The largest absolute Gasteiger partial charge is 0.271 e. The van der Waals surface area contributed by atoms with E-state index in [2.05, 4.69) is 15.9 Å². The number of non-ortho nitro benzene ring substituents is 1. The van der Waals surface area contributed by atoms with Crippen LogP contribution in [0.1, 0.15) is 10.4 Å². The molecule has 0 radical (unpaired) electrons. The molecule has 0 bridgehead atoms. The van der Waals surface area contributed by atoms with Gasteiger partial charge in [-0.3, -0.25) is 10.1 Å². The van der Waals surface area contributed by atoms with Crippen molar-refractivity contribution in [2.45, 2.75) is 0 Å². The number of nitro groups is 1. The summed E-state index contributed by atoms with van der Waals surface area (Å²) in [5.41, 5.74) is 0.641. The number of nitrogens with zero attached hydrogens (tertiary/aromatic N) is 2.